The standard InChI is InChI=1S/C21H24N4O4.ClH/c1-3-27-17-10-19-18(28-12-29-19)9-14(17)11-24-6-4-15-16(5-7-24)22-20-8-13(2)23-25(20)21(15)26;/h8-10,23H,3-7,11-12H2,1-2H3;1H. The van der Waals surface area contributed by atoms with E-state index < -0.39 is 0 Å². The topological polar surface area (TPSA) is 81.1 Å². The number of halogens is 1. The van der Waals surface area contributed by atoms with Crippen molar-refractivity contribution < 1.29 is 14.2 Å². The van der Waals surface area contributed by atoms with Crippen LogP contribution < -0.4 is 19.8 Å². The van der Waals surface area contributed by atoms with E-state index in [0.717, 1.165) is 65.8 Å². The molecule has 0 amide bonds. The van der Waals surface area contributed by atoms with Gasteiger partial charge in [-0.05, 0) is 26.3 Å². The lowest BCUT2D eigenvalue weighted by atomic mass is 10.1. The molecule has 2 aromatic heterocycles. The number of aryl methyl sites for hydroxylation is 1. The molecule has 0 atom stereocenters. The smallest absolute Gasteiger partial charge is 0.276 e. The number of hydrogen-bond donors (Lipinski definition) is 1. The fraction of sp³-hybridized carbons (Fsp3) is 0.429. The van der Waals surface area contributed by atoms with Crippen LogP contribution in [-0.2, 0) is 19.4 Å². The highest BCUT2D eigenvalue weighted by Crippen LogP contribution is 2.38. The zero-order valence-corrected chi connectivity index (χ0v) is 17.9. The molecule has 0 aliphatic carbocycles. The van der Waals surface area contributed by atoms with E-state index in [1.165, 1.54) is 0 Å². The molecule has 2 aliphatic rings. The first-order chi connectivity index (χ1) is 14.1. The lowest BCUT2D eigenvalue weighted by Gasteiger charge is -2.21. The number of H-pyrrole nitrogens is 1. The Labute approximate surface area is 180 Å². The molecule has 0 saturated carbocycles. The van der Waals surface area contributed by atoms with Crippen LogP contribution in [0.4, 0.5) is 0 Å². The summed E-state index contributed by atoms with van der Waals surface area (Å²) < 4.78 is 18.4. The van der Waals surface area contributed by atoms with Gasteiger partial charge in [0.05, 0.1) is 12.3 Å². The van der Waals surface area contributed by atoms with Crippen LogP contribution in [0.2, 0.25) is 0 Å². The number of aromatic amines is 1. The van der Waals surface area contributed by atoms with Crippen molar-refractivity contribution in [1.29, 1.82) is 0 Å². The zero-order valence-electron chi connectivity index (χ0n) is 17.1. The van der Waals surface area contributed by atoms with Crippen molar-refractivity contribution in [1.82, 2.24) is 19.5 Å². The normalized spacial score (nSPS) is 15.5. The van der Waals surface area contributed by atoms with Crippen LogP contribution in [0.5, 0.6) is 17.2 Å². The average Bonchev–Trinajstić information content (AvgIpc) is 3.25. The molecule has 8 nitrogen and oxygen atoms in total. The van der Waals surface area contributed by atoms with Gasteiger partial charge in [-0.25, -0.2) is 9.50 Å². The Morgan fingerprint density at radius 1 is 1.17 bits per heavy atom. The second kappa shape index (κ2) is 8.20. The number of fused-ring (bicyclic) bond motifs is 3. The van der Waals surface area contributed by atoms with Gasteiger partial charge < -0.3 is 14.2 Å². The summed E-state index contributed by atoms with van der Waals surface area (Å²) in [5, 5.41) is 3.08. The van der Waals surface area contributed by atoms with Crippen LogP contribution >= 0.6 is 12.4 Å². The van der Waals surface area contributed by atoms with Crippen LogP contribution in [0.1, 0.15) is 29.4 Å². The Hall–Kier alpha value is -2.71. The van der Waals surface area contributed by atoms with E-state index in [2.05, 4.69) is 10.00 Å². The number of ether oxygens (including phenoxy) is 3. The number of nitrogens with zero attached hydrogens (tertiary/aromatic N) is 3. The Morgan fingerprint density at radius 3 is 2.73 bits per heavy atom. The number of nitrogens with one attached hydrogen (secondary N) is 1. The van der Waals surface area contributed by atoms with Crippen LogP contribution in [0.3, 0.4) is 0 Å². The molecule has 2 aliphatic heterocycles. The maximum Gasteiger partial charge on any atom is 0.276 e. The molecule has 30 heavy (non-hydrogen) atoms. The molecule has 0 unspecified atom stereocenters. The van der Waals surface area contributed by atoms with E-state index in [0.29, 0.717) is 18.7 Å². The third-order valence-electron chi connectivity index (χ3n) is 5.51. The summed E-state index contributed by atoms with van der Waals surface area (Å²) in [7, 11) is 0. The third kappa shape index (κ3) is 3.61. The SMILES string of the molecule is CCOc1cc2c(cc1CN1CCc3nc4cc(C)[nH]n4c(=O)c3CC1)OCO2.Cl. The van der Waals surface area contributed by atoms with Crippen LogP contribution in [0, 0.1) is 6.92 Å². The minimum Gasteiger partial charge on any atom is -0.493 e. The Balaban J connectivity index is 0.00000218. The largest absolute Gasteiger partial charge is 0.493 e. The van der Waals surface area contributed by atoms with Crippen LogP contribution in [0.15, 0.2) is 23.0 Å². The maximum atomic E-state index is 12.9. The fourth-order valence-corrected chi connectivity index (χ4v) is 4.11. The number of hydrogen-bond acceptors (Lipinski definition) is 6. The van der Waals surface area contributed by atoms with Crippen LogP contribution in [0.25, 0.3) is 5.65 Å². The van der Waals surface area contributed by atoms with Gasteiger partial charge in [-0.3, -0.25) is 14.8 Å². The van der Waals surface area contributed by atoms with E-state index in [4.69, 9.17) is 19.2 Å². The summed E-state index contributed by atoms with van der Waals surface area (Å²) in [6.45, 7) is 7.07. The summed E-state index contributed by atoms with van der Waals surface area (Å²) in [5.74, 6) is 2.30. The Kier molecular flexibility index (Phi) is 5.62. The average molecular weight is 433 g/mol. The van der Waals surface area contributed by atoms with Gasteiger partial charge in [-0.15, -0.1) is 12.4 Å². The first-order valence-electron chi connectivity index (χ1n) is 10.00. The van der Waals surface area contributed by atoms with Gasteiger partial charge in [0.1, 0.15) is 5.75 Å². The Bertz CT molecular complexity index is 1140. The van der Waals surface area contributed by atoms with Crippen LogP contribution in [-0.4, -0.2) is 46.0 Å². The van der Waals surface area contributed by atoms with Gasteiger partial charge in [0.15, 0.2) is 17.1 Å². The molecule has 9 heteroatoms. The molecule has 0 bridgehead atoms. The van der Waals surface area contributed by atoms with Gasteiger partial charge in [0.2, 0.25) is 6.79 Å². The number of rotatable bonds is 4. The first kappa shape index (κ1) is 20.6. The van der Waals surface area contributed by atoms with Crippen molar-refractivity contribution >= 4 is 18.1 Å². The summed E-state index contributed by atoms with van der Waals surface area (Å²) in [4.78, 5) is 20.0. The molecule has 0 spiro atoms. The van der Waals surface area contributed by atoms with Crippen molar-refractivity contribution in [2.45, 2.75) is 33.2 Å². The van der Waals surface area contributed by atoms with Crippen molar-refractivity contribution in [3.8, 4) is 17.2 Å². The molecule has 5 rings (SSSR count). The van der Waals surface area contributed by atoms with Crippen molar-refractivity contribution in [3.63, 3.8) is 0 Å². The molecule has 4 heterocycles. The van der Waals surface area contributed by atoms with Gasteiger partial charge in [0, 0.05) is 55.0 Å². The number of benzene rings is 1. The van der Waals surface area contributed by atoms with E-state index in [9.17, 15) is 4.79 Å². The van der Waals surface area contributed by atoms with E-state index in [1.54, 1.807) is 4.52 Å². The molecule has 0 radical (unpaired) electrons. The Morgan fingerprint density at radius 2 is 1.93 bits per heavy atom. The van der Waals surface area contributed by atoms with Crippen molar-refractivity contribution in [2.24, 2.45) is 0 Å². The van der Waals surface area contributed by atoms with E-state index in [1.807, 2.05) is 32.0 Å². The zero-order chi connectivity index (χ0) is 20.0. The number of aromatic nitrogens is 3. The molecule has 3 aromatic rings. The summed E-state index contributed by atoms with van der Waals surface area (Å²) in [6, 6.07) is 5.82. The molecule has 0 saturated heterocycles. The van der Waals surface area contributed by atoms with Gasteiger partial charge in [-0.1, -0.05) is 0 Å². The highest BCUT2D eigenvalue weighted by Gasteiger charge is 2.23. The predicted molar refractivity (Wildman–Crippen MR) is 114 cm³/mol. The fourth-order valence-electron chi connectivity index (χ4n) is 4.11. The minimum atomic E-state index is 0. The van der Waals surface area contributed by atoms with Crippen molar-refractivity contribution in [2.75, 3.05) is 26.5 Å². The van der Waals surface area contributed by atoms with Gasteiger partial charge in [0.25, 0.3) is 5.56 Å². The molecular formula is C21H25ClN4O4. The van der Waals surface area contributed by atoms with E-state index >= 15 is 0 Å². The molecular weight excluding hydrogens is 408 g/mol. The second-order valence-corrected chi connectivity index (χ2v) is 7.50. The molecule has 0 fully saturated rings. The third-order valence-corrected chi connectivity index (χ3v) is 5.51. The summed E-state index contributed by atoms with van der Waals surface area (Å²) in [5.41, 5.74) is 4.42. The first-order valence-corrected chi connectivity index (χ1v) is 10.00. The maximum absolute atomic E-state index is 12.9. The molecule has 1 aromatic carbocycles. The lowest BCUT2D eigenvalue weighted by molar-refractivity contribution is 0.173. The highest BCUT2D eigenvalue weighted by molar-refractivity contribution is 5.85. The summed E-state index contributed by atoms with van der Waals surface area (Å²) >= 11 is 0. The van der Waals surface area contributed by atoms with Gasteiger partial charge >= 0.3 is 0 Å². The van der Waals surface area contributed by atoms with Gasteiger partial charge in [-0.2, -0.15) is 0 Å². The van der Waals surface area contributed by atoms with E-state index in [-0.39, 0.29) is 24.8 Å². The lowest BCUT2D eigenvalue weighted by Crippen LogP contribution is -2.27. The highest BCUT2D eigenvalue weighted by atomic mass is 35.5. The quantitative estimate of drug-likeness (QED) is 0.682. The monoisotopic (exact) mass is 432 g/mol. The second-order valence-electron chi connectivity index (χ2n) is 7.50. The molecule has 1 N–H and O–H groups in total. The summed E-state index contributed by atoms with van der Waals surface area (Å²) in [6.07, 6.45) is 1.43. The minimum absolute atomic E-state index is 0. The van der Waals surface area contributed by atoms with Crippen molar-refractivity contribution in [3.05, 3.63) is 51.1 Å². The predicted octanol–water partition coefficient (Wildman–Crippen LogP) is 2.48. The molecule has 160 valence electrons.